The van der Waals surface area contributed by atoms with Crippen LogP contribution in [0.3, 0.4) is 0 Å². The Morgan fingerprint density at radius 3 is 2.47 bits per heavy atom. The SMILES string of the molecule is O=C(c1ccccc1)N1CCC[C@H]1c1nc(Nc2ccccc2)cc(-c2cccnc2)n1. The molecule has 0 radical (unpaired) electrons. The second kappa shape index (κ2) is 8.98. The van der Waals surface area contributed by atoms with Crippen LogP contribution in [0.5, 0.6) is 0 Å². The number of rotatable bonds is 5. The van der Waals surface area contributed by atoms with Crippen molar-refractivity contribution in [2.45, 2.75) is 18.9 Å². The minimum atomic E-state index is -0.171. The molecule has 1 aliphatic rings. The van der Waals surface area contributed by atoms with Crippen molar-refractivity contribution in [3.8, 4) is 11.3 Å². The number of carbonyl (C=O) groups excluding carboxylic acids is 1. The van der Waals surface area contributed by atoms with Crippen LogP contribution in [0.1, 0.15) is 35.1 Å². The number of nitrogens with zero attached hydrogens (tertiary/aromatic N) is 4. The summed E-state index contributed by atoms with van der Waals surface area (Å²) in [5, 5.41) is 3.38. The Hall–Kier alpha value is -4.06. The Morgan fingerprint density at radius 1 is 0.938 bits per heavy atom. The van der Waals surface area contributed by atoms with Crippen LogP contribution in [0.15, 0.2) is 91.3 Å². The van der Waals surface area contributed by atoms with Gasteiger partial charge in [0, 0.05) is 41.8 Å². The maximum absolute atomic E-state index is 13.2. The molecule has 2 aromatic carbocycles. The summed E-state index contributed by atoms with van der Waals surface area (Å²) in [6, 6.07) is 24.9. The number of amides is 1. The van der Waals surface area contributed by atoms with E-state index < -0.39 is 0 Å². The third-order valence-corrected chi connectivity index (χ3v) is 5.58. The first-order valence-corrected chi connectivity index (χ1v) is 10.8. The van der Waals surface area contributed by atoms with E-state index in [0.29, 0.717) is 23.8 Å². The van der Waals surface area contributed by atoms with Gasteiger partial charge in [-0.05, 0) is 49.2 Å². The molecule has 0 unspecified atom stereocenters. The molecule has 5 rings (SSSR count). The predicted molar refractivity (Wildman–Crippen MR) is 124 cm³/mol. The fourth-order valence-corrected chi connectivity index (χ4v) is 4.04. The summed E-state index contributed by atoms with van der Waals surface area (Å²) in [6.45, 7) is 0.695. The molecular formula is C26H23N5O. The highest BCUT2D eigenvalue weighted by Crippen LogP contribution is 2.33. The van der Waals surface area contributed by atoms with Gasteiger partial charge >= 0.3 is 0 Å². The molecule has 3 heterocycles. The Labute approximate surface area is 187 Å². The number of anilines is 2. The molecule has 1 aliphatic heterocycles. The molecule has 0 spiro atoms. The molecule has 4 aromatic rings. The zero-order valence-corrected chi connectivity index (χ0v) is 17.6. The fraction of sp³-hybridized carbons (Fsp3) is 0.154. The molecule has 1 saturated heterocycles. The lowest BCUT2D eigenvalue weighted by Gasteiger charge is -2.24. The van der Waals surface area contributed by atoms with Gasteiger partial charge in [0.2, 0.25) is 0 Å². The number of benzene rings is 2. The molecule has 1 fully saturated rings. The van der Waals surface area contributed by atoms with Crippen LogP contribution in [0.4, 0.5) is 11.5 Å². The Kier molecular flexibility index (Phi) is 5.58. The van der Waals surface area contributed by atoms with Gasteiger partial charge in [-0.15, -0.1) is 0 Å². The van der Waals surface area contributed by atoms with Crippen molar-refractivity contribution >= 4 is 17.4 Å². The van der Waals surface area contributed by atoms with Crippen molar-refractivity contribution in [1.29, 1.82) is 0 Å². The van der Waals surface area contributed by atoms with E-state index in [1.54, 1.807) is 12.4 Å². The van der Waals surface area contributed by atoms with Crippen LogP contribution < -0.4 is 5.32 Å². The largest absolute Gasteiger partial charge is 0.340 e. The van der Waals surface area contributed by atoms with E-state index in [2.05, 4.69) is 10.3 Å². The predicted octanol–water partition coefficient (Wildman–Crippen LogP) is 5.26. The summed E-state index contributed by atoms with van der Waals surface area (Å²) in [5.74, 6) is 1.35. The summed E-state index contributed by atoms with van der Waals surface area (Å²) in [4.78, 5) is 29.0. The Balaban J connectivity index is 1.53. The minimum Gasteiger partial charge on any atom is -0.340 e. The topological polar surface area (TPSA) is 71.0 Å². The van der Waals surface area contributed by atoms with Gasteiger partial charge < -0.3 is 10.2 Å². The van der Waals surface area contributed by atoms with Crippen molar-refractivity contribution in [2.24, 2.45) is 0 Å². The number of para-hydroxylation sites is 1. The van der Waals surface area contributed by atoms with Crippen LogP contribution in [-0.4, -0.2) is 32.3 Å². The van der Waals surface area contributed by atoms with Gasteiger partial charge in [0.15, 0.2) is 5.82 Å². The lowest BCUT2D eigenvalue weighted by Crippen LogP contribution is -2.31. The minimum absolute atomic E-state index is 0.0149. The normalized spacial score (nSPS) is 15.5. The number of carbonyl (C=O) groups is 1. The highest BCUT2D eigenvalue weighted by Gasteiger charge is 2.33. The van der Waals surface area contributed by atoms with Crippen molar-refractivity contribution in [2.75, 3.05) is 11.9 Å². The molecular weight excluding hydrogens is 398 g/mol. The van der Waals surface area contributed by atoms with Crippen molar-refractivity contribution in [3.05, 3.63) is 103 Å². The average molecular weight is 422 g/mol. The molecule has 1 atom stereocenters. The number of hydrogen-bond donors (Lipinski definition) is 1. The lowest BCUT2D eigenvalue weighted by molar-refractivity contribution is 0.0730. The Morgan fingerprint density at radius 2 is 1.72 bits per heavy atom. The first kappa shape index (κ1) is 19.9. The molecule has 32 heavy (non-hydrogen) atoms. The summed E-state index contributed by atoms with van der Waals surface area (Å²) < 4.78 is 0. The molecule has 0 bridgehead atoms. The standard InChI is InChI=1S/C26H23N5O/c32-26(19-9-3-1-4-10-19)31-16-8-14-23(31)25-29-22(20-11-7-15-27-18-20)17-24(30-25)28-21-12-5-2-6-13-21/h1-7,9-13,15,17-18,23H,8,14,16H2,(H,28,29,30)/t23-/m0/s1. The van der Waals surface area contributed by atoms with E-state index in [4.69, 9.17) is 9.97 Å². The number of hydrogen-bond acceptors (Lipinski definition) is 5. The fourth-order valence-electron chi connectivity index (χ4n) is 4.04. The van der Waals surface area contributed by atoms with Crippen LogP contribution >= 0.6 is 0 Å². The quantitative estimate of drug-likeness (QED) is 0.476. The average Bonchev–Trinajstić information content (AvgIpc) is 3.35. The molecule has 6 heteroatoms. The van der Waals surface area contributed by atoms with Gasteiger partial charge in [-0.25, -0.2) is 9.97 Å². The maximum Gasteiger partial charge on any atom is 0.254 e. The van der Waals surface area contributed by atoms with Crippen LogP contribution in [0.2, 0.25) is 0 Å². The molecule has 0 aliphatic carbocycles. The summed E-state index contributed by atoms with van der Waals surface area (Å²) in [7, 11) is 0. The number of nitrogens with one attached hydrogen (secondary N) is 1. The van der Waals surface area contributed by atoms with E-state index in [1.165, 1.54) is 0 Å². The monoisotopic (exact) mass is 421 g/mol. The zero-order chi connectivity index (χ0) is 21.8. The maximum atomic E-state index is 13.2. The second-order valence-corrected chi connectivity index (χ2v) is 7.75. The van der Waals surface area contributed by atoms with Crippen LogP contribution in [-0.2, 0) is 0 Å². The molecule has 0 saturated carbocycles. The second-order valence-electron chi connectivity index (χ2n) is 7.75. The number of aromatic nitrogens is 3. The first-order valence-electron chi connectivity index (χ1n) is 10.8. The lowest BCUT2D eigenvalue weighted by atomic mass is 10.1. The smallest absolute Gasteiger partial charge is 0.254 e. The van der Waals surface area contributed by atoms with Crippen LogP contribution in [0, 0.1) is 0 Å². The first-order chi connectivity index (χ1) is 15.8. The molecule has 2 aromatic heterocycles. The molecule has 1 amide bonds. The van der Waals surface area contributed by atoms with Crippen molar-refractivity contribution < 1.29 is 4.79 Å². The van der Waals surface area contributed by atoms with E-state index in [0.717, 1.165) is 29.8 Å². The van der Waals surface area contributed by atoms with E-state index in [-0.39, 0.29) is 11.9 Å². The van der Waals surface area contributed by atoms with Crippen molar-refractivity contribution in [3.63, 3.8) is 0 Å². The number of likely N-dealkylation sites (tertiary alicyclic amines) is 1. The summed E-state index contributed by atoms with van der Waals surface area (Å²) in [6.07, 6.45) is 5.29. The van der Waals surface area contributed by atoms with E-state index in [9.17, 15) is 4.79 Å². The molecule has 6 nitrogen and oxygen atoms in total. The third-order valence-electron chi connectivity index (χ3n) is 5.58. The van der Waals surface area contributed by atoms with E-state index in [1.807, 2.05) is 83.8 Å². The Bertz CT molecular complexity index is 1200. The third kappa shape index (κ3) is 4.21. The van der Waals surface area contributed by atoms with Gasteiger partial charge in [0.1, 0.15) is 5.82 Å². The van der Waals surface area contributed by atoms with E-state index >= 15 is 0 Å². The molecule has 158 valence electrons. The zero-order valence-electron chi connectivity index (χ0n) is 17.6. The highest BCUT2D eigenvalue weighted by atomic mass is 16.2. The van der Waals surface area contributed by atoms with Gasteiger partial charge in [0.05, 0.1) is 11.7 Å². The number of pyridine rings is 1. The summed E-state index contributed by atoms with van der Waals surface area (Å²) in [5.41, 5.74) is 3.31. The van der Waals surface area contributed by atoms with Crippen molar-refractivity contribution in [1.82, 2.24) is 19.9 Å². The van der Waals surface area contributed by atoms with Crippen LogP contribution in [0.25, 0.3) is 11.3 Å². The van der Waals surface area contributed by atoms with Gasteiger partial charge in [-0.3, -0.25) is 9.78 Å². The summed E-state index contributed by atoms with van der Waals surface area (Å²) >= 11 is 0. The van der Waals surface area contributed by atoms with Gasteiger partial charge in [-0.1, -0.05) is 36.4 Å². The molecule has 1 N–H and O–H groups in total. The van der Waals surface area contributed by atoms with Gasteiger partial charge in [0.25, 0.3) is 5.91 Å². The highest BCUT2D eigenvalue weighted by molar-refractivity contribution is 5.94. The van der Waals surface area contributed by atoms with Gasteiger partial charge in [-0.2, -0.15) is 0 Å².